The molecule has 2 fully saturated rings. The Morgan fingerprint density at radius 1 is 1.31 bits per heavy atom. The molecule has 26 heavy (non-hydrogen) atoms. The van der Waals surface area contributed by atoms with Crippen molar-refractivity contribution >= 4 is 17.7 Å². The Balaban J connectivity index is 1.87. The molecule has 1 atom stereocenters. The van der Waals surface area contributed by atoms with Gasteiger partial charge in [-0.25, -0.2) is 4.79 Å². The van der Waals surface area contributed by atoms with Crippen LogP contribution in [0.5, 0.6) is 0 Å². The molecule has 1 unspecified atom stereocenters. The molecule has 6 heteroatoms. The summed E-state index contributed by atoms with van der Waals surface area (Å²) in [5.41, 5.74) is 1.38. The van der Waals surface area contributed by atoms with Gasteiger partial charge in [0.15, 0.2) is 0 Å². The second kappa shape index (κ2) is 9.29. The van der Waals surface area contributed by atoms with Crippen molar-refractivity contribution in [2.45, 2.75) is 52.1 Å². The highest BCUT2D eigenvalue weighted by atomic mass is 32.2. The number of ether oxygens (including phenoxy) is 1. The molecule has 5 nitrogen and oxygen atoms in total. The van der Waals surface area contributed by atoms with E-state index in [1.54, 1.807) is 11.8 Å². The highest BCUT2D eigenvalue weighted by molar-refractivity contribution is 8.03. The molecule has 2 heterocycles. The van der Waals surface area contributed by atoms with Crippen LogP contribution in [0, 0.1) is 5.92 Å². The van der Waals surface area contributed by atoms with Crippen molar-refractivity contribution in [1.29, 1.82) is 0 Å². The first-order valence-corrected chi connectivity index (χ1v) is 11.0. The Kier molecular flexibility index (Phi) is 7.06. The van der Waals surface area contributed by atoms with Crippen LogP contribution in [-0.4, -0.2) is 65.6 Å². The Bertz CT molecular complexity index is 563. The molecule has 0 bridgehead atoms. The van der Waals surface area contributed by atoms with E-state index < -0.39 is 5.97 Å². The van der Waals surface area contributed by atoms with E-state index in [4.69, 9.17) is 4.74 Å². The third-order valence-electron chi connectivity index (χ3n) is 5.76. The fourth-order valence-electron chi connectivity index (χ4n) is 4.38. The number of nitrogens with zero attached hydrogens (tertiary/aromatic N) is 2. The lowest BCUT2D eigenvalue weighted by Crippen LogP contribution is -2.53. The number of hydrogen-bond donors (Lipinski definition) is 1. The smallest absolute Gasteiger partial charge is 0.338 e. The van der Waals surface area contributed by atoms with Crippen LogP contribution in [0.4, 0.5) is 0 Å². The van der Waals surface area contributed by atoms with E-state index in [1.807, 2.05) is 6.92 Å². The minimum Gasteiger partial charge on any atom is -0.478 e. The van der Waals surface area contributed by atoms with Gasteiger partial charge >= 0.3 is 5.97 Å². The van der Waals surface area contributed by atoms with Crippen molar-refractivity contribution in [3.05, 3.63) is 22.3 Å². The summed E-state index contributed by atoms with van der Waals surface area (Å²) in [5.74, 6) is 0.879. The first-order valence-electron chi connectivity index (χ1n) is 9.99. The number of carboxylic acid groups (broad SMARTS) is 1. The van der Waals surface area contributed by atoms with Crippen LogP contribution >= 0.6 is 11.8 Å². The van der Waals surface area contributed by atoms with Gasteiger partial charge in [-0.1, -0.05) is 32.6 Å². The van der Waals surface area contributed by atoms with Gasteiger partial charge < -0.3 is 14.7 Å². The Morgan fingerprint density at radius 3 is 2.62 bits per heavy atom. The van der Waals surface area contributed by atoms with E-state index in [2.05, 4.69) is 22.8 Å². The van der Waals surface area contributed by atoms with Gasteiger partial charge in [-0.05, 0) is 36.7 Å². The van der Waals surface area contributed by atoms with Crippen molar-refractivity contribution in [3.63, 3.8) is 0 Å². The lowest BCUT2D eigenvalue weighted by Gasteiger charge is -2.45. The fraction of sp³-hybridized carbons (Fsp3) is 0.750. The predicted octanol–water partition coefficient (Wildman–Crippen LogP) is 3.54. The Labute approximate surface area is 161 Å². The van der Waals surface area contributed by atoms with Gasteiger partial charge in [0.05, 0.1) is 23.8 Å². The van der Waals surface area contributed by atoms with Gasteiger partial charge in [-0.15, -0.1) is 11.8 Å². The average molecular weight is 381 g/mol. The van der Waals surface area contributed by atoms with Crippen LogP contribution in [0.1, 0.15) is 46.0 Å². The van der Waals surface area contributed by atoms with Crippen molar-refractivity contribution in [2.24, 2.45) is 5.92 Å². The van der Waals surface area contributed by atoms with E-state index in [-0.39, 0.29) is 6.17 Å². The van der Waals surface area contributed by atoms with Gasteiger partial charge in [0.1, 0.15) is 6.17 Å². The van der Waals surface area contributed by atoms with Crippen LogP contribution in [0.15, 0.2) is 22.3 Å². The van der Waals surface area contributed by atoms with Gasteiger partial charge in [-0.3, -0.25) is 4.90 Å². The summed E-state index contributed by atoms with van der Waals surface area (Å²) < 4.78 is 5.54. The Morgan fingerprint density at radius 2 is 2.00 bits per heavy atom. The zero-order valence-electron chi connectivity index (χ0n) is 16.1. The van der Waals surface area contributed by atoms with Crippen LogP contribution in [0.2, 0.25) is 0 Å². The van der Waals surface area contributed by atoms with Crippen molar-refractivity contribution < 1.29 is 14.6 Å². The minimum absolute atomic E-state index is 0.150. The molecule has 2 aliphatic heterocycles. The monoisotopic (exact) mass is 380 g/mol. The van der Waals surface area contributed by atoms with Crippen LogP contribution in [0.25, 0.3) is 0 Å². The third-order valence-corrected chi connectivity index (χ3v) is 6.76. The molecule has 146 valence electrons. The molecule has 0 aromatic carbocycles. The van der Waals surface area contributed by atoms with Gasteiger partial charge in [-0.2, -0.15) is 0 Å². The van der Waals surface area contributed by atoms with E-state index in [1.165, 1.54) is 25.7 Å². The quantitative estimate of drug-likeness (QED) is 0.729. The summed E-state index contributed by atoms with van der Waals surface area (Å²) >= 11 is 1.68. The minimum atomic E-state index is -0.805. The van der Waals surface area contributed by atoms with Crippen LogP contribution in [0.3, 0.4) is 0 Å². The molecule has 1 saturated heterocycles. The molecular weight excluding hydrogens is 348 g/mol. The molecule has 0 amide bonds. The molecule has 1 aliphatic carbocycles. The van der Waals surface area contributed by atoms with Crippen LogP contribution < -0.4 is 0 Å². The van der Waals surface area contributed by atoms with E-state index in [0.29, 0.717) is 5.57 Å². The average Bonchev–Trinajstić information content (AvgIpc) is 3.14. The number of rotatable bonds is 7. The standard InChI is InChI=1S/C20H32N2O3S/c1-3-26-19-18(20(23)24)15(2)14-17(21-10-12-25-13-11-21)22(19)9-8-16-6-4-5-7-16/h14,16-17H,3-13H2,1-2H3,(H,23,24). The number of carboxylic acids is 1. The first-order chi connectivity index (χ1) is 12.6. The highest BCUT2D eigenvalue weighted by Gasteiger charge is 2.34. The first kappa shape index (κ1) is 19.8. The van der Waals surface area contributed by atoms with Crippen molar-refractivity contribution in [2.75, 3.05) is 38.6 Å². The number of hydrogen-bond acceptors (Lipinski definition) is 5. The zero-order valence-corrected chi connectivity index (χ0v) is 16.9. The second-order valence-electron chi connectivity index (χ2n) is 7.46. The number of morpholine rings is 1. The molecule has 0 radical (unpaired) electrons. The number of aliphatic carboxylic acids is 1. The predicted molar refractivity (Wildman–Crippen MR) is 106 cm³/mol. The maximum atomic E-state index is 12.0. The topological polar surface area (TPSA) is 53.0 Å². The second-order valence-corrected chi connectivity index (χ2v) is 8.72. The molecule has 3 aliphatic rings. The summed E-state index contributed by atoms with van der Waals surface area (Å²) in [7, 11) is 0. The lowest BCUT2D eigenvalue weighted by atomic mass is 10.00. The number of thioether (sulfide) groups is 1. The van der Waals surface area contributed by atoms with E-state index >= 15 is 0 Å². The van der Waals surface area contributed by atoms with E-state index in [0.717, 1.165) is 61.5 Å². The molecule has 0 spiro atoms. The van der Waals surface area contributed by atoms with Gasteiger partial charge in [0.2, 0.25) is 0 Å². The van der Waals surface area contributed by atoms with Crippen molar-refractivity contribution in [3.8, 4) is 0 Å². The van der Waals surface area contributed by atoms with Gasteiger partial charge in [0.25, 0.3) is 0 Å². The number of carbonyl (C=O) groups is 1. The maximum absolute atomic E-state index is 12.0. The summed E-state index contributed by atoms with van der Waals surface area (Å²) in [6, 6.07) is 0. The van der Waals surface area contributed by atoms with Crippen LogP contribution in [-0.2, 0) is 9.53 Å². The largest absolute Gasteiger partial charge is 0.478 e. The van der Waals surface area contributed by atoms with E-state index in [9.17, 15) is 9.90 Å². The molecule has 0 aromatic heterocycles. The summed E-state index contributed by atoms with van der Waals surface area (Å²) in [6.07, 6.45) is 8.83. The zero-order chi connectivity index (χ0) is 18.5. The Hall–Kier alpha value is -0.980. The SMILES string of the molecule is CCSC1=C(C(=O)O)C(C)=CC(N2CCOCC2)N1CCC1CCCC1. The maximum Gasteiger partial charge on any atom is 0.338 e. The molecule has 3 rings (SSSR count). The van der Waals surface area contributed by atoms with Crippen molar-refractivity contribution in [1.82, 2.24) is 9.80 Å². The molecule has 1 N–H and O–H groups in total. The van der Waals surface area contributed by atoms with Gasteiger partial charge in [0, 0.05) is 19.6 Å². The third kappa shape index (κ3) is 4.46. The molecule has 0 aromatic rings. The molecule has 1 saturated carbocycles. The normalized spacial score (nSPS) is 25.7. The highest BCUT2D eigenvalue weighted by Crippen LogP contribution is 2.37. The molecular formula is C20H32N2O3S. The fourth-order valence-corrected chi connectivity index (χ4v) is 5.41. The summed E-state index contributed by atoms with van der Waals surface area (Å²) in [5, 5.41) is 10.8. The summed E-state index contributed by atoms with van der Waals surface area (Å²) in [6.45, 7) is 8.31. The summed E-state index contributed by atoms with van der Waals surface area (Å²) in [4.78, 5) is 16.8. The lowest BCUT2D eigenvalue weighted by molar-refractivity contribution is -0.132.